The number of nitrogens with one attached hydrogen (secondary N) is 2. The molecule has 9 nitrogen and oxygen atoms in total. The maximum absolute atomic E-state index is 13.1. The van der Waals surface area contributed by atoms with Crippen LogP contribution < -0.4 is 16.7 Å². The van der Waals surface area contributed by atoms with E-state index in [9.17, 15) is 27.2 Å². The summed E-state index contributed by atoms with van der Waals surface area (Å²) in [4.78, 5) is 34.5. The Morgan fingerprint density at radius 2 is 1.91 bits per heavy atom. The normalized spacial score (nSPS) is 11.4. The predicted molar refractivity (Wildman–Crippen MR) is 73.5 cm³/mol. The average Bonchev–Trinajstić information content (AvgIpc) is 2.45. The highest BCUT2D eigenvalue weighted by atomic mass is 32.2. The van der Waals surface area contributed by atoms with Gasteiger partial charge in [-0.25, -0.2) is 18.7 Å². The first-order valence-electron chi connectivity index (χ1n) is 6.45. The molecule has 1 aromatic rings. The quantitative estimate of drug-likeness (QED) is 0.326. The summed E-state index contributed by atoms with van der Waals surface area (Å²) in [5.41, 5.74) is -1.02. The van der Waals surface area contributed by atoms with Gasteiger partial charge < -0.3 is 0 Å². The van der Waals surface area contributed by atoms with Crippen molar-refractivity contribution in [1.82, 2.24) is 14.4 Å². The number of unbranched alkanes of at least 4 members (excludes halogenated alkanes) is 3. The van der Waals surface area contributed by atoms with Crippen LogP contribution in [0, 0.1) is 5.82 Å². The molecular weight excluding hydrogens is 321 g/mol. The van der Waals surface area contributed by atoms with Gasteiger partial charge in [-0.2, -0.15) is 8.36 Å². The topological polar surface area (TPSA) is 138 Å². The van der Waals surface area contributed by atoms with E-state index in [0.717, 1.165) is 0 Å². The Balaban J connectivity index is 2.55. The summed E-state index contributed by atoms with van der Waals surface area (Å²) in [6, 6.07) is 0. The number of carbonyl (C=O) groups is 1. The molecule has 0 bridgehead atoms. The summed E-state index contributed by atoms with van der Waals surface area (Å²) in [5, 5.41) is 8.27. The van der Waals surface area contributed by atoms with Gasteiger partial charge in [0.2, 0.25) is 21.7 Å². The number of nitrogens with zero attached hydrogens (tertiary/aromatic N) is 1. The zero-order valence-corrected chi connectivity index (χ0v) is 12.4. The molecule has 0 fully saturated rings. The van der Waals surface area contributed by atoms with E-state index in [-0.39, 0.29) is 16.8 Å². The van der Waals surface area contributed by atoms with Gasteiger partial charge in [0.25, 0.3) is 5.56 Å². The number of carbonyl (C=O) groups excluding carboxylic acids is 1. The van der Waals surface area contributed by atoms with E-state index in [2.05, 4.69) is 0 Å². The number of hydroxylamine groups is 1. The Kier molecular flexibility index (Phi) is 6.43. The number of H-pyrrole nitrogens is 1. The van der Waals surface area contributed by atoms with Gasteiger partial charge in [-0.15, -0.1) is 0 Å². The first-order chi connectivity index (χ1) is 10.3. The number of hydrogen-bond acceptors (Lipinski definition) is 6. The fourth-order valence-corrected chi connectivity index (χ4v) is 3.03. The van der Waals surface area contributed by atoms with Crippen LogP contribution in [0.25, 0.3) is 0 Å². The second kappa shape index (κ2) is 7.84. The molecule has 0 radical (unpaired) electrons. The average molecular weight is 337 g/mol. The Morgan fingerprint density at radius 3 is 2.55 bits per heavy atom. The van der Waals surface area contributed by atoms with Crippen LogP contribution in [-0.4, -0.2) is 34.2 Å². The van der Waals surface area contributed by atoms with Gasteiger partial charge in [-0.3, -0.25) is 19.8 Å². The third-order valence-corrected chi connectivity index (χ3v) is 4.52. The number of aromatic nitrogens is 2. The molecule has 0 aliphatic carbocycles. The summed E-state index contributed by atoms with van der Waals surface area (Å²) in [6.45, 7) is 0. The highest BCUT2D eigenvalue weighted by molar-refractivity contribution is 7.89. The Labute approximate surface area is 124 Å². The molecule has 1 amide bonds. The summed E-state index contributed by atoms with van der Waals surface area (Å²) in [6.07, 6.45) is 2.17. The molecule has 1 heterocycles. The number of amides is 1. The van der Waals surface area contributed by atoms with E-state index in [0.29, 0.717) is 25.5 Å². The smallest absolute Gasteiger partial charge is 0.289 e. The second-order valence-electron chi connectivity index (χ2n) is 4.55. The van der Waals surface area contributed by atoms with Crippen LogP contribution >= 0.6 is 0 Å². The zero-order chi connectivity index (χ0) is 16.8. The van der Waals surface area contributed by atoms with E-state index in [1.165, 1.54) is 5.48 Å². The molecule has 0 unspecified atom stereocenters. The first-order valence-corrected chi connectivity index (χ1v) is 8.06. The van der Waals surface area contributed by atoms with Crippen LogP contribution in [0.3, 0.4) is 0 Å². The van der Waals surface area contributed by atoms with E-state index < -0.39 is 38.7 Å². The standard InChI is InChI=1S/C11H16FN3O6S/c12-8-7-15(11(18)13-10(8)17)22(20,21)6-4-2-1-3-5-9(16)14-19/h7,19H,1-6H2,(H,14,16)(H,13,17,18). The molecule has 1 rings (SSSR count). The van der Waals surface area contributed by atoms with Crippen molar-refractivity contribution in [3.8, 4) is 0 Å². The van der Waals surface area contributed by atoms with Crippen molar-refractivity contribution >= 4 is 15.9 Å². The molecule has 0 atom stereocenters. The Hall–Kier alpha value is -2.01. The van der Waals surface area contributed by atoms with Crippen LogP contribution in [-0.2, 0) is 14.8 Å². The van der Waals surface area contributed by atoms with Gasteiger partial charge in [0, 0.05) is 6.42 Å². The summed E-state index contributed by atoms with van der Waals surface area (Å²) < 4.78 is 37.0. The lowest BCUT2D eigenvalue weighted by atomic mass is 10.1. The molecule has 0 saturated heterocycles. The molecule has 0 aromatic carbocycles. The largest absolute Gasteiger partial charge is 0.342 e. The summed E-state index contributed by atoms with van der Waals surface area (Å²) >= 11 is 0. The molecule has 3 N–H and O–H groups in total. The van der Waals surface area contributed by atoms with Gasteiger partial charge in [-0.1, -0.05) is 12.8 Å². The zero-order valence-electron chi connectivity index (χ0n) is 11.5. The Bertz CT molecular complexity index is 739. The molecule has 1 aromatic heterocycles. The number of aromatic amines is 1. The van der Waals surface area contributed by atoms with Crippen LogP contribution in [0.2, 0.25) is 0 Å². The molecule has 11 heteroatoms. The summed E-state index contributed by atoms with van der Waals surface area (Å²) in [7, 11) is -4.06. The molecule has 0 saturated carbocycles. The van der Waals surface area contributed by atoms with E-state index >= 15 is 0 Å². The molecule has 0 aliphatic heterocycles. The maximum atomic E-state index is 13.1. The lowest BCUT2D eigenvalue weighted by Crippen LogP contribution is -2.36. The second-order valence-corrected chi connectivity index (χ2v) is 6.51. The van der Waals surface area contributed by atoms with Crippen molar-refractivity contribution < 1.29 is 22.8 Å². The van der Waals surface area contributed by atoms with Crippen LogP contribution in [0.4, 0.5) is 4.39 Å². The van der Waals surface area contributed by atoms with Crippen LogP contribution in [0.5, 0.6) is 0 Å². The van der Waals surface area contributed by atoms with Crippen molar-refractivity contribution in [2.24, 2.45) is 0 Å². The van der Waals surface area contributed by atoms with Crippen molar-refractivity contribution in [2.75, 3.05) is 5.75 Å². The molecule has 124 valence electrons. The van der Waals surface area contributed by atoms with E-state index in [1.54, 1.807) is 4.98 Å². The fourth-order valence-electron chi connectivity index (χ4n) is 1.72. The minimum atomic E-state index is -4.06. The van der Waals surface area contributed by atoms with Crippen molar-refractivity contribution in [1.29, 1.82) is 0 Å². The van der Waals surface area contributed by atoms with E-state index in [1.807, 2.05) is 0 Å². The molecular formula is C11H16FN3O6S. The molecule has 22 heavy (non-hydrogen) atoms. The third kappa shape index (κ3) is 5.07. The van der Waals surface area contributed by atoms with Crippen molar-refractivity contribution in [3.05, 3.63) is 32.9 Å². The van der Waals surface area contributed by atoms with E-state index in [4.69, 9.17) is 5.21 Å². The van der Waals surface area contributed by atoms with Crippen LogP contribution in [0.15, 0.2) is 15.8 Å². The van der Waals surface area contributed by atoms with Crippen molar-refractivity contribution in [2.45, 2.75) is 32.1 Å². The SMILES string of the molecule is O=C(CCCCCCS(=O)(=O)n1cc(F)c(=O)[nH]c1=O)NO. The summed E-state index contributed by atoms with van der Waals surface area (Å²) in [5.74, 6) is -2.29. The van der Waals surface area contributed by atoms with Gasteiger partial charge in [0.1, 0.15) is 0 Å². The highest BCUT2D eigenvalue weighted by Crippen LogP contribution is 2.06. The number of hydrogen-bond donors (Lipinski definition) is 3. The number of halogens is 1. The van der Waals surface area contributed by atoms with Crippen LogP contribution in [0.1, 0.15) is 32.1 Å². The number of rotatable bonds is 8. The Morgan fingerprint density at radius 1 is 1.27 bits per heavy atom. The third-order valence-electron chi connectivity index (χ3n) is 2.85. The van der Waals surface area contributed by atoms with Gasteiger partial charge >= 0.3 is 5.69 Å². The van der Waals surface area contributed by atoms with Gasteiger partial charge in [0.15, 0.2) is 0 Å². The van der Waals surface area contributed by atoms with Gasteiger partial charge in [-0.05, 0) is 12.8 Å². The van der Waals surface area contributed by atoms with Gasteiger partial charge in [0.05, 0.1) is 11.9 Å². The lowest BCUT2D eigenvalue weighted by molar-refractivity contribution is -0.129. The maximum Gasteiger partial charge on any atom is 0.342 e. The lowest BCUT2D eigenvalue weighted by Gasteiger charge is -2.06. The predicted octanol–water partition coefficient (Wildman–Crippen LogP) is -0.690. The highest BCUT2D eigenvalue weighted by Gasteiger charge is 2.17. The fraction of sp³-hybridized carbons (Fsp3) is 0.545. The molecule has 0 aliphatic rings. The monoisotopic (exact) mass is 337 g/mol. The van der Waals surface area contributed by atoms with Crippen molar-refractivity contribution in [3.63, 3.8) is 0 Å². The minimum Gasteiger partial charge on any atom is -0.289 e. The molecule has 0 spiro atoms. The first kappa shape index (κ1) is 18.0. The minimum absolute atomic E-state index is 0.119.